The van der Waals surface area contributed by atoms with Crippen molar-refractivity contribution >= 4 is 17.3 Å². The van der Waals surface area contributed by atoms with Gasteiger partial charge in [0.05, 0.1) is 0 Å². The number of nitrogens with zero attached hydrogens (tertiary/aromatic N) is 1. The number of carboxylic acids is 1. The summed E-state index contributed by atoms with van der Waals surface area (Å²) in [5.74, 6) is 0.0379. The van der Waals surface area contributed by atoms with Crippen LogP contribution in [0.3, 0.4) is 0 Å². The first-order valence-corrected chi connectivity index (χ1v) is 10.5. The zero-order valence-electron chi connectivity index (χ0n) is 17.3. The Balaban J connectivity index is 1.47. The Morgan fingerprint density at radius 1 is 1.07 bits per heavy atom. The lowest BCUT2D eigenvalue weighted by atomic mass is 9.99. The molecule has 1 aliphatic rings. The fraction of sp³-hybridized carbons (Fsp3) is 0.269. The van der Waals surface area contributed by atoms with Gasteiger partial charge in [0, 0.05) is 24.3 Å². The average Bonchev–Trinajstić information content (AvgIpc) is 2.77. The van der Waals surface area contributed by atoms with Gasteiger partial charge in [-0.3, -0.25) is 4.79 Å². The van der Waals surface area contributed by atoms with E-state index in [4.69, 9.17) is 9.84 Å². The van der Waals surface area contributed by atoms with Crippen molar-refractivity contribution in [2.75, 3.05) is 11.4 Å². The highest BCUT2D eigenvalue weighted by Gasteiger charge is 2.18. The minimum atomic E-state index is -0.772. The van der Waals surface area contributed by atoms with Crippen molar-refractivity contribution in [1.82, 2.24) is 0 Å². The topological polar surface area (TPSA) is 49.8 Å². The lowest BCUT2D eigenvalue weighted by Crippen LogP contribution is -2.24. The average molecular weight is 402 g/mol. The van der Waals surface area contributed by atoms with E-state index in [2.05, 4.69) is 47.4 Å². The zero-order valence-corrected chi connectivity index (χ0v) is 17.3. The van der Waals surface area contributed by atoms with Crippen molar-refractivity contribution in [2.24, 2.45) is 0 Å². The molecule has 4 heteroatoms. The molecule has 0 fully saturated rings. The van der Waals surface area contributed by atoms with E-state index in [1.807, 2.05) is 31.2 Å². The maximum absolute atomic E-state index is 10.8. The molecule has 4 nitrogen and oxygen atoms in total. The van der Waals surface area contributed by atoms with Crippen LogP contribution in [0.5, 0.6) is 5.75 Å². The Hall–Kier alpha value is -3.27. The smallest absolute Gasteiger partial charge is 0.303 e. The Kier molecular flexibility index (Phi) is 6.03. The summed E-state index contributed by atoms with van der Waals surface area (Å²) >= 11 is 0. The number of aliphatic carboxylic acids is 1. The molecule has 0 saturated heterocycles. The van der Waals surface area contributed by atoms with Crippen LogP contribution in [0, 0.1) is 6.92 Å². The van der Waals surface area contributed by atoms with Gasteiger partial charge in [-0.25, -0.2) is 0 Å². The number of benzene rings is 3. The van der Waals surface area contributed by atoms with E-state index in [0.717, 1.165) is 41.8 Å². The van der Waals surface area contributed by atoms with Crippen LogP contribution in [-0.4, -0.2) is 17.6 Å². The normalized spacial score (nSPS) is 13.0. The van der Waals surface area contributed by atoms with E-state index in [9.17, 15) is 4.79 Å². The fourth-order valence-electron chi connectivity index (χ4n) is 4.03. The fourth-order valence-corrected chi connectivity index (χ4v) is 4.03. The van der Waals surface area contributed by atoms with Gasteiger partial charge >= 0.3 is 5.97 Å². The Morgan fingerprint density at radius 2 is 1.90 bits per heavy atom. The van der Waals surface area contributed by atoms with Crippen molar-refractivity contribution < 1.29 is 14.6 Å². The van der Waals surface area contributed by atoms with Gasteiger partial charge < -0.3 is 14.7 Å². The summed E-state index contributed by atoms with van der Waals surface area (Å²) in [4.78, 5) is 13.2. The highest BCUT2D eigenvalue weighted by atomic mass is 16.5. The number of carboxylic acid groups (broad SMARTS) is 1. The van der Waals surface area contributed by atoms with Gasteiger partial charge in [0.15, 0.2) is 0 Å². The Morgan fingerprint density at radius 3 is 2.67 bits per heavy atom. The summed E-state index contributed by atoms with van der Waals surface area (Å²) in [6, 6.07) is 23.0. The maximum atomic E-state index is 10.8. The molecule has 0 atom stereocenters. The minimum absolute atomic E-state index is 0.147. The third kappa shape index (κ3) is 4.65. The van der Waals surface area contributed by atoms with E-state index in [-0.39, 0.29) is 6.42 Å². The molecule has 3 aromatic rings. The number of aryl methyl sites for hydroxylation is 3. The van der Waals surface area contributed by atoms with Gasteiger partial charge in [-0.2, -0.15) is 0 Å². The molecule has 0 saturated carbocycles. The standard InChI is InChI=1S/C26H27NO3/c1-19-16-24(13-11-21(19)12-14-26(28)29)30-18-20-9-10-22-6-5-15-27(25(22)17-20)23-7-3-2-4-8-23/h2-4,7-11,13,16-17H,5-6,12,14-15,18H2,1H3,(H,28,29). The minimum Gasteiger partial charge on any atom is -0.489 e. The summed E-state index contributed by atoms with van der Waals surface area (Å²) in [5.41, 5.74) is 7.14. The van der Waals surface area contributed by atoms with E-state index in [1.54, 1.807) is 0 Å². The molecule has 3 aromatic carbocycles. The van der Waals surface area contributed by atoms with Crippen LogP contribution in [0.25, 0.3) is 0 Å². The number of anilines is 2. The monoisotopic (exact) mass is 401 g/mol. The number of para-hydroxylation sites is 1. The SMILES string of the molecule is Cc1cc(OCc2ccc3c(c2)N(c2ccccc2)CCC3)ccc1CCC(=O)O. The number of ether oxygens (including phenoxy) is 1. The van der Waals surface area contributed by atoms with Gasteiger partial charge in [0.2, 0.25) is 0 Å². The second kappa shape index (κ2) is 9.04. The summed E-state index contributed by atoms with van der Waals surface area (Å²) in [7, 11) is 0. The van der Waals surface area contributed by atoms with Crippen molar-refractivity contribution in [3.63, 3.8) is 0 Å². The molecule has 0 aliphatic carbocycles. The zero-order chi connectivity index (χ0) is 20.9. The van der Waals surface area contributed by atoms with E-state index in [1.165, 1.54) is 16.9 Å². The molecule has 0 radical (unpaired) electrons. The quantitative estimate of drug-likeness (QED) is 0.554. The van der Waals surface area contributed by atoms with Gasteiger partial charge in [-0.15, -0.1) is 0 Å². The predicted octanol–water partition coefficient (Wildman–Crippen LogP) is 5.68. The van der Waals surface area contributed by atoms with Gasteiger partial charge in [-0.05, 0) is 78.8 Å². The molecular weight excluding hydrogens is 374 g/mol. The highest BCUT2D eigenvalue weighted by molar-refractivity contribution is 5.68. The molecular formula is C26H27NO3. The highest BCUT2D eigenvalue weighted by Crippen LogP contribution is 2.34. The molecule has 1 aliphatic heterocycles. The van der Waals surface area contributed by atoms with Crippen LogP contribution in [0.15, 0.2) is 66.7 Å². The Labute approximate surface area is 177 Å². The molecule has 30 heavy (non-hydrogen) atoms. The first-order valence-electron chi connectivity index (χ1n) is 10.5. The largest absolute Gasteiger partial charge is 0.489 e. The number of rotatable bonds is 7. The maximum Gasteiger partial charge on any atom is 0.303 e. The predicted molar refractivity (Wildman–Crippen MR) is 120 cm³/mol. The molecule has 4 rings (SSSR count). The summed E-state index contributed by atoms with van der Waals surface area (Å²) in [5, 5.41) is 8.88. The number of hydrogen-bond donors (Lipinski definition) is 1. The number of fused-ring (bicyclic) bond motifs is 1. The molecule has 154 valence electrons. The van der Waals surface area contributed by atoms with Crippen LogP contribution in [-0.2, 0) is 24.2 Å². The van der Waals surface area contributed by atoms with Gasteiger partial charge in [0.1, 0.15) is 12.4 Å². The summed E-state index contributed by atoms with van der Waals surface area (Å²) in [6.07, 6.45) is 2.96. The lowest BCUT2D eigenvalue weighted by molar-refractivity contribution is -0.136. The first-order chi connectivity index (χ1) is 14.6. The van der Waals surface area contributed by atoms with E-state index in [0.29, 0.717) is 13.0 Å². The third-order valence-electron chi connectivity index (χ3n) is 5.66. The second-order valence-corrected chi connectivity index (χ2v) is 7.82. The number of carbonyl (C=O) groups is 1. The third-order valence-corrected chi connectivity index (χ3v) is 5.66. The van der Waals surface area contributed by atoms with Crippen molar-refractivity contribution in [3.05, 3.63) is 89.0 Å². The molecule has 1 heterocycles. The Bertz CT molecular complexity index is 1030. The summed E-state index contributed by atoms with van der Waals surface area (Å²) in [6.45, 7) is 3.53. The molecule has 0 aromatic heterocycles. The number of hydrogen-bond acceptors (Lipinski definition) is 3. The van der Waals surface area contributed by atoms with Crippen LogP contribution in [0.2, 0.25) is 0 Å². The lowest BCUT2D eigenvalue weighted by Gasteiger charge is -2.32. The second-order valence-electron chi connectivity index (χ2n) is 7.82. The molecule has 0 bridgehead atoms. The molecule has 1 N–H and O–H groups in total. The first kappa shape index (κ1) is 20.0. The molecule has 0 unspecified atom stereocenters. The van der Waals surface area contributed by atoms with Gasteiger partial charge in [-0.1, -0.05) is 36.4 Å². The van der Waals surface area contributed by atoms with Crippen LogP contribution >= 0.6 is 0 Å². The van der Waals surface area contributed by atoms with Crippen LogP contribution in [0.1, 0.15) is 35.1 Å². The van der Waals surface area contributed by atoms with Crippen molar-refractivity contribution in [2.45, 2.75) is 39.2 Å². The van der Waals surface area contributed by atoms with Crippen molar-refractivity contribution in [3.8, 4) is 5.75 Å². The van der Waals surface area contributed by atoms with Crippen molar-refractivity contribution in [1.29, 1.82) is 0 Å². The van der Waals surface area contributed by atoms with Gasteiger partial charge in [0.25, 0.3) is 0 Å². The van der Waals surface area contributed by atoms with Crippen LogP contribution < -0.4 is 9.64 Å². The van der Waals surface area contributed by atoms with Crippen LogP contribution in [0.4, 0.5) is 11.4 Å². The summed E-state index contributed by atoms with van der Waals surface area (Å²) < 4.78 is 6.05. The molecule has 0 amide bonds. The van der Waals surface area contributed by atoms with E-state index < -0.39 is 5.97 Å². The molecule has 0 spiro atoms. The van der Waals surface area contributed by atoms with E-state index >= 15 is 0 Å².